The van der Waals surface area contributed by atoms with E-state index in [0.717, 1.165) is 38.7 Å². The Morgan fingerprint density at radius 3 is 2.88 bits per heavy atom. The van der Waals surface area contributed by atoms with Gasteiger partial charge in [-0.2, -0.15) is 0 Å². The zero-order valence-electron chi connectivity index (χ0n) is 15.0. The monoisotopic (exact) mass is 330 g/mol. The third-order valence-corrected chi connectivity index (χ3v) is 8.85. The Labute approximate surface area is 144 Å². The van der Waals surface area contributed by atoms with Crippen LogP contribution in [0.3, 0.4) is 0 Å². The van der Waals surface area contributed by atoms with Crippen molar-refractivity contribution in [1.29, 1.82) is 0 Å². The molecule has 0 amide bonds. The normalized spacial score (nSPS) is 56.1. The zero-order valence-corrected chi connectivity index (χ0v) is 15.0. The molecule has 1 aliphatic heterocycles. The summed E-state index contributed by atoms with van der Waals surface area (Å²) < 4.78 is 5.87. The first kappa shape index (κ1) is 15.6. The number of hydrogen-bond acceptors (Lipinski definition) is 3. The van der Waals surface area contributed by atoms with Crippen molar-refractivity contribution in [2.75, 3.05) is 6.61 Å². The highest BCUT2D eigenvalue weighted by Crippen LogP contribution is 2.68. The number of aliphatic hydroxyl groups is 1. The maximum absolute atomic E-state index is 12.0. The van der Waals surface area contributed by atoms with Crippen LogP contribution in [-0.2, 0) is 9.53 Å². The number of fused-ring (bicyclic) bond motifs is 4. The summed E-state index contributed by atoms with van der Waals surface area (Å²) in [5.74, 6) is 1.74. The molecule has 0 aromatic heterocycles. The first-order valence-corrected chi connectivity index (χ1v) is 9.95. The van der Waals surface area contributed by atoms with Crippen LogP contribution in [0.25, 0.3) is 0 Å². The summed E-state index contributed by atoms with van der Waals surface area (Å²) in [6.07, 6.45) is 11.0. The minimum absolute atomic E-state index is 0.172. The van der Waals surface area contributed by atoms with E-state index in [2.05, 4.69) is 13.0 Å². The smallest absolute Gasteiger partial charge is 0.166 e. The van der Waals surface area contributed by atoms with Crippen molar-refractivity contribution in [3.63, 3.8) is 0 Å². The third-order valence-electron chi connectivity index (χ3n) is 8.85. The van der Waals surface area contributed by atoms with Crippen molar-refractivity contribution in [3.8, 4) is 0 Å². The number of ketones is 1. The van der Waals surface area contributed by atoms with E-state index in [4.69, 9.17) is 4.74 Å². The average Bonchev–Trinajstić information content (AvgIpc) is 3.04. The highest BCUT2D eigenvalue weighted by atomic mass is 16.6. The summed E-state index contributed by atoms with van der Waals surface area (Å²) in [6, 6.07) is 0. The summed E-state index contributed by atoms with van der Waals surface area (Å²) in [5.41, 5.74) is 2.10. The third kappa shape index (κ3) is 1.78. The van der Waals surface area contributed by atoms with Crippen LogP contribution in [0.4, 0.5) is 0 Å². The number of Topliss-reactive ketones (excluding diaryl/α,β-unsaturated/α-hetero) is 1. The van der Waals surface area contributed by atoms with Crippen LogP contribution in [0.1, 0.15) is 65.2 Å². The quantitative estimate of drug-likeness (QED) is 0.686. The molecule has 132 valence electrons. The molecule has 1 N–H and O–H groups in total. The second-order valence-electron chi connectivity index (χ2n) is 9.72. The SMILES string of the molecule is C[C@]1(O)OC[C@]23CC=C4[C@@H](CC[C@@H]5CC(=O)CC[C@]45C)[C@H]2CC[C@@H]31. The lowest BCUT2D eigenvalue weighted by Gasteiger charge is -2.55. The summed E-state index contributed by atoms with van der Waals surface area (Å²) in [7, 11) is 0. The number of carbonyl (C=O) groups excluding carboxylic acids is 1. The minimum atomic E-state index is -0.932. The predicted octanol–water partition coefficient (Wildman–Crippen LogP) is 3.85. The first-order chi connectivity index (χ1) is 11.4. The number of rotatable bonds is 0. The summed E-state index contributed by atoms with van der Waals surface area (Å²) in [6.45, 7) is 5.04. The maximum Gasteiger partial charge on any atom is 0.166 e. The Morgan fingerprint density at radius 1 is 1.21 bits per heavy atom. The molecular formula is C21H30O3. The van der Waals surface area contributed by atoms with Crippen LogP contribution in [0.15, 0.2) is 11.6 Å². The van der Waals surface area contributed by atoms with Crippen molar-refractivity contribution in [1.82, 2.24) is 0 Å². The Hall–Kier alpha value is -0.670. The van der Waals surface area contributed by atoms with Crippen LogP contribution in [0, 0.1) is 34.5 Å². The second-order valence-corrected chi connectivity index (χ2v) is 9.72. The standard InChI is InChI=1S/C21H30O3/c1-19-9-7-14(22)11-13(19)3-4-15-16(19)8-10-21-12-24-20(2,23)18(21)6-5-17(15)21/h8,13,15,17-18,23H,3-7,9-12H2,1-2H3/t13-,15-,17-,18-,19+,20+,21-/m1/s1. The molecule has 7 atom stereocenters. The van der Waals surface area contributed by atoms with Gasteiger partial charge in [0, 0.05) is 24.2 Å². The molecule has 5 aliphatic rings. The van der Waals surface area contributed by atoms with E-state index in [1.165, 1.54) is 19.3 Å². The lowest BCUT2D eigenvalue weighted by atomic mass is 9.48. The zero-order chi connectivity index (χ0) is 16.7. The van der Waals surface area contributed by atoms with Crippen LogP contribution in [0.2, 0.25) is 0 Å². The van der Waals surface area contributed by atoms with E-state index >= 15 is 0 Å². The number of ether oxygens (including phenoxy) is 1. The van der Waals surface area contributed by atoms with Crippen molar-refractivity contribution >= 4 is 5.78 Å². The van der Waals surface area contributed by atoms with Gasteiger partial charge in [-0.25, -0.2) is 0 Å². The van der Waals surface area contributed by atoms with E-state index in [-0.39, 0.29) is 10.8 Å². The maximum atomic E-state index is 12.0. The Kier molecular flexibility index (Phi) is 3.07. The fraction of sp³-hybridized carbons (Fsp3) is 0.857. The highest BCUT2D eigenvalue weighted by Gasteiger charge is 2.65. The van der Waals surface area contributed by atoms with Crippen molar-refractivity contribution in [2.24, 2.45) is 34.5 Å². The molecule has 1 heterocycles. The van der Waals surface area contributed by atoms with Crippen molar-refractivity contribution in [3.05, 3.63) is 11.6 Å². The lowest BCUT2D eigenvalue weighted by molar-refractivity contribution is -0.180. The number of hydrogen-bond donors (Lipinski definition) is 1. The summed E-state index contributed by atoms with van der Waals surface area (Å²) in [4.78, 5) is 12.0. The molecule has 0 aromatic carbocycles. The molecule has 1 spiro atoms. The highest BCUT2D eigenvalue weighted by molar-refractivity contribution is 5.80. The topological polar surface area (TPSA) is 46.5 Å². The minimum Gasteiger partial charge on any atom is -0.365 e. The van der Waals surface area contributed by atoms with E-state index in [0.29, 0.717) is 29.5 Å². The van der Waals surface area contributed by atoms with Gasteiger partial charge in [-0.3, -0.25) is 4.79 Å². The van der Waals surface area contributed by atoms with Gasteiger partial charge in [0.25, 0.3) is 0 Å². The molecular weight excluding hydrogens is 300 g/mol. The Bertz CT molecular complexity index is 621. The summed E-state index contributed by atoms with van der Waals surface area (Å²) in [5, 5.41) is 10.7. The fourth-order valence-electron chi connectivity index (χ4n) is 7.59. The van der Waals surface area contributed by atoms with Gasteiger partial charge in [0.1, 0.15) is 5.78 Å². The van der Waals surface area contributed by atoms with Crippen molar-refractivity contribution < 1.29 is 14.6 Å². The molecule has 0 aromatic rings. The summed E-state index contributed by atoms with van der Waals surface area (Å²) >= 11 is 0. The van der Waals surface area contributed by atoms with Crippen LogP contribution < -0.4 is 0 Å². The van der Waals surface area contributed by atoms with Gasteiger partial charge in [-0.05, 0) is 68.6 Å². The van der Waals surface area contributed by atoms with Gasteiger partial charge >= 0.3 is 0 Å². The Balaban J connectivity index is 1.53. The number of allylic oxidation sites excluding steroid dienone is 2. The predicted molar refractivity (Wildman–Crippen MR) is 91.1 cm³/mol. The fourth-order valence-corrected chi connectivity index (χ4v) is 7.59. The molecule has 24 heavy (non-hydrogen) atoms. The van der Waals surface area contributed by atoms with Gasteiger partial charge in [0.2, 0.25) is 0 Å². The van der Waals surface area contributed by atoms with E-state index in [9.17, 15) is 9.90 Å². The van der Waals surface area contributed by atoms with Crippen molar-refractivity contribution in [2.45, 2.75) is 71.0 Å². The molecule has 3 saturated carbocycles. The molecule has 4 aliphatic carbocycles. The molecule has 1 saturated heterocycles. The molecule has 4 fully saturated rings. The molecule has 3 nitrogen and oxygen atoms in total. The van der Waals surface area contributed by atoms with Crippen LogP contribution >= 0.6 is 0 Å². The van der Waals surface area contributed by atoms with Crippen LogP contribution in [0.5, 0.6) is 0 Å². The first-order valence-electron chi connectivity index (χ1n) is 9.95. The molecule has 0 bridgehead atoms. The molecule has 0 unspecified atom stereocenters. The molecule has 3 heteroatoms. The van der Waals surface area contributed by atoms with Crippen LogP contribution in [-0.4, -0.2) is 23.3 Å². The van der Waals surface area contributed by atoms with E-state index in [1.54, 1.807) is 5.57 Å². The molecule has 5 rings (SSSR count). The van der Waals surface area contributed by atoms with Gasteiger partial charge in [-0.1, -0.05) is 18.6 Å². The second kappa shape index (κ2) is 4.73. The van der Waals surface area contributed by atoms with E-state index < -0.39 is 5.79 Å². The van der Waals surface area contributed by atoms with E-state index in [1.807, 2.05) is 6.92 Å². The Morgan fingerprint density at radius 2 is 2.04 bits per heavy atom. The number of carbonyl (C=O) groups is 1. The van der Waals surface area contributed by atoms with Gasteiger partial charge < -0.3 is 9.84 Å². The lowest BCUT2D eigenvalue weighted by Crippen LogP contribution is -2.49. The molecule has 0 radical (unpaired) electrons. The van der Waals surface area contributed by atoms with Gasteiger partial charge in [0.05, 0.1) is 6.61 Å². The average molecular weight is 330 g/mol. The van der Waals surface area contributed by atoms with Gasteiger partial charge in [-0.15, -0.1) is 0 Å². The van der Waals surface area contributed by atoms with Gasteiger partial charge in [0.15, 0.2) is 5.79 Å². The largest absolute Gasteiger partial charge is 0.365 e.